The Balaban J connectivity index is 1.55. The summed E-state index contributed by atoms with van der Waals surface area (Å²) in [6.45, 7) is 3.08. The molecule has 1 amide bonds. The largest absolute Gasteiger partial charge is 0.369 e. The SMILES string of the molecule is CCc1[nH]c2nc(Cc3cnc4nccnc4c3)nc(N3CC(C(N)=O)C3)c2c1Cl. The van der Waals surface area contributed by atoms with Gasteiger partial charge in [-0.2, -0.15) is 0 Å². The molecule has 0 radical (unpaired) electrons. The topological polar surface area (TPSA) is 127 Å². The van der Waals surface area contributed by atoms with Crippen molar-refractivity contribution in [1.82, 2.24) is 29.9 Å². The third-order valence-corrected chi connectivity index (χ3v) is 5.79. The van der Waals surface area contributed by atoms with Crippen LogP contribution >= 0.6 is 11.6 Å². The third-order valence-electron chi connectivity index (χ3n) is 5.37. The fraction of sp³-hybridized carbons (Fsp3) is 0.300. The summed E-state index contributed by atoms with van der Waals surface area (Å²) in [6, 6.07) is 1.94. The first-order chi connectivity index (χ1) is 14.5. The number of amides is 1. The van der Waals surface area contributed by atoms with Crippen molar-refractivity contribution in [3.63, 3.8) is 0 Å². The predicted octanol–water partition coefficient (Wildman–Crippen LogP) is 2.02. The first-order valence-electron chi connectivity index (χ1n) is 9.70. The molecule has 0 spiro atoms. The quantitative estimate of drug-likeness (QED) is 0.503. The number of aromatic nitrogens is 6. The molecule has 1 fully saturated rings. The van der Waals surface area contributed by atoms with Gasteiger partial charge < -0.3 is 15.6 Å². The second kappa shape index (κ2) is 7.17. The van der Waals surface area contributed by atoms with Gasteiger partial charge in [-0.1, -0.05) is 18.5 Å². The van der Waals surface area contributed by atoms with E-state index in [4.69, 9.17) is 27.3 Å². The van der Waals surface area contributed by atoms with Crippen molar-refractivity contribution in [1.29, 1.82) is 0 Å². The zero-order chi connectivity index (χ0) is 20.8. The molecule has 30 heavy (non-hydrogen) atoms. The molecular weight excluding hydrogens is 404 g/mol. The van der Waals surface area contributed by atoms with Gasteiger partial charge in [-0.15, -0.1) is 0 Å². The van der Waals surface area contributed by atoms with Gasteiger partial charge in [0.15, 0.2) is 5.65 Å². The highest BCUT2D eigenvalue weighted by molar-refractivity contribution is 6.37. The monoisotopic (exact) mass is 422 g/mol. The van der Waals surface area contributed by atoms with E-state index in [0.29, 0.717) is 41.7 Å². The number of halogens is 1. The molecule has 4 aromatic rings. The first-order valence-corrected chi connectivity index (χ1v) is 10.1. The Hall–Kier alpha value is -3.33. The average Bonchev–Trinajstić information content (AvgIpc) is 3.02. The van der Waals surface area contributed by atoms with Crippen LogP contribution in [0.3, 0.4) is 0 Å². The Morgan fingerprint density at radius 2 is 2.07 bits per heavy atom. The molecule has 0 aromatic carbocycles. The number of nitrogens with zero attached hydrogens (tertiary/aromatic N) is 6. The summed E-state index contributed by atoms with van der Waals surface area (Å²) >= 11 is 6.61. The van der Waals surface area contributed by atoms with Crippen molar-refractivity contribution >= 4 is 45.5 Å². The number of carbonyl (C=O) groups is 1. The molecule has 0 aliphatic carbocycles. The highest BCUT2D eigenvalue weighted by Crippen LogP contribution is 2.36. The lowest BCUT2D eigenvalue weighted by molar-refractivity contribution is -0.122. The lowest BCUT2D eigenvalue weighted by Gasteiger charge is -2.38. The number of carbonyl (C=O) groups excluding carboxylic acids is 1. The molecule has 0 bridgehead atoms. The number of aromatic amines is 1. The molecule has 152 valence electrons. The van der Waals surface area contributed by atoms with Gasteiger partial charge in [0.25, 0.3) is 0 Å². The summed E-state index contributed by atoms with van der Waals surface area (Å²) in [5.74, 6) is 0.882. The minimum absolute atomic E-state index is 0.176. The first kappa shape index (κ1) is 18.7. The maximum Gasteiger partial charge on any atom is 0.224 e. The summed E-state index contributed by atoms with van der Waals surface area (Å²) in [6.07, 6.45) is 6.25. The summed E-state index contributed by atoms with van der Waals surface area (Å²) in [5.41, 5.74) is 9.28. The van der Waals surface area contributed by atoms with E-state index in [2.05, 4.69) is 19.9 Å². The van der Waals surface area contributed by atoms with E-state index in [-0.39, 0.29) is 11.8 Å². The van der Waals surface area contributed by atoms with Crippen LogP contribution in [0.2, 0.25) is 5.02 Å². The molecule has 1 aliphatic heterocycles. The van der Waals surface area contributed by atoms with Gasteiger partial charge in [-0.25, -0.2) is 19.9 Å². The standard InChI is InChI=1S/C20H19ClN8O/c1-2-12-16(21)15-19(26-12)27-14(28-20(15)29-8-11(9-29)17(22)30)6-10-5-13-18(25-7-10)24-4-3-23-13/h3-5,7,11H,2,6,8-9H2,1H3,(H2,22,30)(H,26,27,28). The van der Waals surface area contributed by atoms with Crippen LogP contribution in [0, 0.1) is 5.92 Å². The normalized spacial score (nSPS) is 14.4. The van der Waals surface area contributed by atoms with E-state index in [1.165, 1.54) is 0 Å². The third kappa shape index (κ3) is 3.11. The number of nitrogens with two attached hydrogens (primary N) is 1. The van der Waals surface area contributed by atoms with Crippen LogP contribution < -0.4 is 10.6 Å². The van der Waals surface area contributed by atoms with Crippen molar-refractivity contribution in [2.75, 3.05) is 18.0 Å². The Morgan fingerprint density at radius 3 is 2.83 bits per heavy atom. The van der Waals surface area contributed by atoms with E-state index >= 15 is 0 Å². The van der Waals surface area contributed by atoms with Gasteiger partial charge in [0.2, 0.25) is 5.91 Å². The van der Waals surface area contributed by atoms with Gasteiger partial charge in [0, 0.05) is 43.8 Å². The molecule has 5 heterocycles. The summed E-state index contributed by atoms with van der Waals surface area (Å²) in [4.78, 5) is 39.2. The molecule has 9 nitrogen and oxygen atoms in total. The summed E-state index contributed by atoms with van der Waals surface area (Å²) < 4.78 is 0. The van der Waals surface area contributed by atoms with Crippen LogP contribution in [0.25, 0.3) is 22.2 Å². The Labute approximate surface area is 176 Å². The van der Waals surface area contributed by atoms with Crippen LogP contribution in [0.5, 0.6) is 0 Å². The molecule has 0 atom stereocenters. The molecule has 3 N–H and O–H groups in total. The van der Waals surface area contributed by atoms with Gasteiger partial charge in [-0.05, 0) is 18.1 Å². The molecule has 1 aliphatic rings. The molecule has 0 saturated carbocycles. The van der Waals surface area contributed by atoms with Crippen molar-refractivity contribution in [2.45, 2.75) is 19.8 Å². The fourth-order valence-electron chi connectivity index (χ4n) is 3.70. The van der Waals surface area contributed by atoms with Crippen LogP contribution in [0.4, 0.5) is 5.82 Å². The summed E-state index contributed by atoms with van der Waals surface area (Å²) in [5, 5.41) is 1.40. The Morgan fingerprint density at radius 1 is 1.27 bits per heavy atom. The highest BCUT2D eigenvalue weighted by atomic mass is 35.5. The molecule has 4 aromatic heterocycles. The number of hydrogen-bond acceptors (Lipinski definition) is 7. The number of pyridine rings is 1. The minimum Gasteiger partial charge on any atom is -0.369 e. The molecule has 0 unspecified atom stereocenters. The molecule has 5 rings (SSSR count). The zero-order valence-electron chi connectivity index (χ0n) is 16.3. The molecular formula is C20H19ClN8O. The Kier molecular flexibility index (Phi) is 4.47. The van der Waals surface area contributed by atoms with E-state index in [0.717, 1.165) is 34.4 Å². The van der Waals surface area contributed by atoms with Gasteiger partial charge in [0.1, 0.15) is 22.8 Å². The maximum atomic E-state index is 11.5. The molecule has 1 saturated heterocycles. The number of fused-ring (bicyclic) bond motifs is 2. The molecule has 10 heteroatoms. The minimum atomic E-state index is -0.297. The number of primary amides is 1. The second-order valence-electron chi connectivity index (χ2n) is 7.38. The van der Waals surface area contributed by atoms with Crippen LogP contribution in [0.1, 0.15) is 24.0 Å². The maximum absolute atomic E-state index is 11.5. The van der Waals surface area contributed by atoms with E-state index in [1.54, 1.807) is 18.6 Å². The van der Waals surface area contributed by atoms with E-state index < -0.39 is 0 Å². The van der Waals surface area contributed by atoms with Crippen LogP contribution in [-0.4, -0.2) is 48.9 Å². The van der Waals surface area contributed by atoms with Crippen molar-refractivity contribution in [2.24, 2.45) is 11.7 Å². The predicted molar refractivity (Wildman–Crippen MR) is 113 cm³/mol. The van der Waals surface area contributed by atoms with Gasteiger partial charge in [0.05, 0.1) is 16.3 Å². The van der Waals surface area contributed by atoms with E-state index in [9.17, 15) is 4.79 Å². The van der Waals surface area contributed by atoms with Crippen molar-refractivity contribution in [3.8, 4) is 0 Å². The van der Waals surface area contributed by atoms with Gasteiger partial charge in [-0.3, -0.25) is 9.78 Å². The number of rotatable bonds is 5. The van der Waals surface area contributed by atoms with Crippen LogP contribution in [-0.2, 0) is 17.6 Å². The Bertz CT molecular complexity index is 1280. The second-order valence-corrected chi connectivity index (χ2v) is 7.76. The van der Waals surface area contributed by atoms with Crippen LogP contribution in [0.15, 0.2) is 24.7 Å². The number of H-pyrrole nitrogens is 1. The van der Waals surface area contributed by atoms with Crippen molar-refractivity contribution in [3.05, 3.63) is 46.8 Å². The number of anilines is 1. The average molecular weight is 423 g/mol. The lowest BCUT2D eigenvalue weighted by Crippen LogP contribution is -2.53. The number of nitrogens with one attached hydrogen (secondary N) is 1. The zero-order valence-corrected chi connectivity index (χ0v) is 17.0. The smallest absolute Gasteiger partial charge is 0.224 e. The summed E-state index contributed by atoms with van der Waals surface area (Å²) in [7, 11) is 0. The highest BCUT2D eigenvalue weighted by Gasteiger charge is 2.34. The fourth-order valence-corrected chi connectivity index (χ4v) is 4.05. The van der Waals surface area contributed by atoms with Gasteiger partial charge >= 0.3 is 0 Å². The lowest BCUT2D eigenvalue weighted by atomic mass is 9.99. The number of aryl methyl sites for hydroxylation is 1. The van der Waals surface area contributed by atoms with E-state index in [1.807, 2.05) is 17.9 Å². The number of hydrogen-bond donors (Lipinski definition) is 2. The van der Waals surface area contributed by atoms with Crippen molar-refractivity contribution < 1.29 is 4.79 Å².